The van der Waals surface area contributed by atoms with E-state index >= 15 is 0 Å². The van der Waals surface area contributed by atoms with Crippen LogP contribution in [-0.4, -0.2) is 35.2 Å². The molecule has 2 aliphatic carbocycles. The van der Waals surface area contributed by atoms with Gasteiger partial charge in [-0.2, -0.15) is 0 Å². The van der Waals surface area contributed by atoms with Crippen LogP contribution >= 0.6 is 0 Å². The third kappa shape index (κ3) is 4.49. The number of rotatable bonds is 9. The maximum absolute atomic E-state index is 13.6. The summed E-state index contributed by atoms with van der Waals surface area (Å²) in [6, 6.07) is 31.4. The Balaban J connectivity index is 1.41. The lowest BCUT2D eigenvalue weighted by atomic mass is 9.79. The summed E-state index contributed by atoms with van der Waals surface area (Å²) < 4.78 is 6.50. The molecule has 0 heterocycles. The number of carbonyl (C=O) groups is 2. The zero-order chi connectivity index (χ0) is 27.8. The predicted molar refractivity (Wildman–Crippen MR) is 155 cm³/mol. The first kappa shape index (κ1) is 26.0. The molecule has 2 aliphatic rings. The molecule has 0 aromatic heterocycles. The third-order valence-corrected chi connectivity index (χ3v) is 8.32. The number of aliphatic carboxylic acids is 1. The van der Waals surface area contributed by atoms with Crippen LogP contribution in [0.5, 0.6) is 0 Å². The monoisotopic (exact) mass is 532 g/mol. The Hall–Kier alpha value is -4.26. The highest BCUT2D eigenvalue weighted by atomic mass is 16.5. The second kappa shape index (κ2) is 10.7. The van der Waals surface area contributed by atoms with Crippen molar-refractivity contribution >= 4 is 11.9 Å². The van der Waals surface area contributed by atoms with Gasteiger partial charge in [0.05, 0.1) is 0 Å². The maximum atomic E-state index is 13.6. The van der Waals surface area contributed by atoms with Gasteiger partial charge < -0.3 is 21.3 Å². The lowest BCUT2D eigenvalue weighted by Gasteiger charge is -2.32. The summed E-state index contributed by atoms with van der Waals surface area (Å²) in [7, 11) is 0. The van der Waals surface area contributed by atoms with Gasteiger partial charge in [0.1, 0.15) is 18.2 Å². The van der Waals surface area contributed by atoms with Gasteiger partial charge in [0.25, 0.3) is 0 Å². The first-order chi connectivity index (χ1) is 19.5. The highest BCUT2D eigenvalue weighted by molar-refractivity contribution is 5.83. The molecule has 4 aromatic carbocycles. The van der Waals surface area contributed by atoms with Crippen LogP contribution in [-0.2, 0) is 14.3 Å². The van der Waals surface area contributed by atoms with Crippen molar-refractivity contribution in [3.8, 4) is 22.3 Å². The number of carbonyl (C=O) groups excluding carboxylic acids is 1. The van der Waals surface area contributed by atoms with Crippen molar-refractivity contribution in [3.63, 3.8) is 0 Å². The fraction of sp³-hybridized carbons (Fsp3) is 0.235. The van der Waals surface area contributed by atoms with Crippen LogP contribution in [0.3, 0.4) is 0 Å². The number of fused-ring (bicyclic) bond motifs is 6. The molecule has 6 heteroatoms. The Morgan fingerprint density at radius 3 is 1.35 bits per heavy atom. The van der Waals surface area contributed by atoms with Gasteiger partial charge in [0.2, 0.25) is 0 Å². The molecular weight excluding hydrogens is 500 g/mol. The van der Waals surface area contributed by atoms with Crippen molar-refractivity contribution in [3.05, 3.63) is 119 Å². The fourth-order valence-electron chi connectivity index (χ4n) is 6.45. The molecule has 6 rings (SSSR count). The Morgan fingerprint density at radius 1 is 0.625 bits per heavy atom. The summed E-state index contributed by atoms with van der Waals surface area (Å²) in [4.78, 5) is 24.7. The number of esters is 1. The Morgan fingerprint density at radius 2 is 0.975 bits per heavy atom. The van der Waals surface area contributed by atoms with Crippen LogP contribution in [0.1, 0.15) is 53.4 Å². The van der Waals surface area contributed by atoms with E-state index in [2.05, 4.69) is 48.5 Å². The summed E-state index contributed by atoms with van der Waals surface area (Å²) in [5.74, 6) is -1.92. The average Bonchev–Trinajstić information content (AvgIpc) is 3.49. The Bertz CT molecular complexity index is 1400. The average molecular weight is 533 g/mol. The van der Waals surface area contributed by atoms with Gasteiger partial charge >= 0.3 is 11.9 Å². The molecule has 40 heavy (non-hydrogen) atoms. The fourth-order valence-corrected chi connectivity index (χ4v) is 6.45. The molecule has 5 N–H and O–H groups in total. The van der Waals surface area contributed by atoms with E-state index in [9.17, 15) is 9.59 Å². The van der Waals surface area contributed by atoms with Crippen molar-refractivity contribution in [2.24, 2.45) is 11.5 Å². The molecule has 0 bridgehead atoms. The lowest BCUT2D eigenvalue weighted by molar-refractivity contribution is -0.152. The molecule has 4 aromatic rings. The molecular formula is C34H32N2O4. The molecule has 0 saturated carbocycles. The van der Waals surface area contributed by atoms with Crippen molar-refractivity contribution in [1.29, 1.82) is 0 Å². The second-order valence-electron chi connectivity index (χ2n) is 10.7. The molecule has 0 aliphatic heterocycles. The lowest BCUT2D eigenvalue weighted by Crippen LogP contribution is -2.39. The van der Waals surface area contributed by atoms with E-state index in [0.29, 0.717) is 12.8 Å². The van der Waals surface area contributed by atoms with E-state index in [-0.39, 0.29) is 18.3 Å². The maximum Gasteiger partial charge on any atom is 0.323 e. The normalized spacial score (nSPS) is 15.2. The standard InChI is InChI=1S/C34H32N2O4/c35-28(33(37)38)18-9-19-29(36)34(39)40-32(30-24-14-5-1-10-20(24)21-11-2-6-15-25(21)30)31-26-16-7-3-12-22(26)23-13-4-8-17-27(23)31/h1-8,10-17,28-32H,9,18-19,35-36H2,(H,37,38)/t28-,29?/m0/s1. The number of hydrogen-bond acceptors (Lipinski definition) is 5. The quantitative estimate of drug-likeness (QED) is 0.248. The van der Waals surface area contributed by atoms with Crippen LogP contribution in [0.4, 0.5) is 0 Å². The Kier molecular flexibility index (Phi) is 6.96. The first-order valence-corrected chi connectivity index (χ1v) is 13.8. The molecule has 0 spiro atoms. The smallest absolute Gasteiger partial charge is 0.323 e. The van der Waals surface area contributed by atoms with Crippen molar-refractivity contribution in [1.82, 2.24) is 0 Å². The molecule has 0 radical (unpaired) electrons. The molecule has 0 saturated heterocycles. The number of ether oxygens (including phenoxy) is 1. The minimum atomic E-state index is -1.06. The number of carboxylic acid groups (broad SMARTS) is 1. The van der Waals surface area contributed by atoms with Gasteiger partial charge in [0, 0.05) is 11.8 Å². The van der Waals surface area contributed by atoms with Crippen molar-refractivity contribution in [2.75, 3.05) is 0 Å². The molecule has 202 valence electrons. The topological polar surface area (TPSA) is 116 Å². The largest absolute Gasteiger partial charge is 0.480 e. The second-order valence-corrected chi connectivity index (χ2v) is 10.7. The van der Waals surface area contributed by atoms with Crippen molar-refractivity contribution in [2.45, 2.75) is 49.3 Å². The minimum Gasteiger partial charge on any atom is -0.480 e. The van der Waals surface area contributed by atoms with Crippen molar-refractivity contribution < 1.29 is 19.4 Å². The van der Waals surface area contributed by atoms with Gasteiger partial charge in [-0.15, -0.1) is 0 Å². The highest BCUT2D eigenvalue weighted by Gasteiger charge is 2.45. The summed E-state index contributed by atoms with van der Waals surface area (Å²) in [6.07, 6.45) is 0.405. The third-order valence-electron chi connectivity index (χ3n) is 8.32. The zero-order valence-corrected chi connectivity index (χ0v) is 22.1. The zero-order valence-electron chi connectivity index (χ0n) is 22.1. The first-order valence-electron chi connectivity index (χ1n) is 13.8. The van der Waals surface area contributed by atoms with E-state index in [4.69, 9.17) is 21.3 Å². The van der Waals surface area contributed by atoms with Crippen LogP contribution in [0, 0.1) is 0 Å². The summed E-state index contributed by atoms with van der Waals surface area (Å²) >= 11 is 0. The van der Waals surface area contributed by atoms with Gasteiger partial charge in [-0.25, -0.2) is 0 Å². The van der Waals surface area contributed by atoms with Crippen LogP contribution in [0.2, 0.25) is 0 Å². The van der Waals surface area contributed by atoms with Crippen LogP contribution < -0.4 is 11.5 Å². The Labute approximate surface area is 233 Å². The number of nitrogens with two attached hydrogens (primary N) is 2. The predicted octanol–water partition coefficient (Wildman–Crippen LogP) is 5.43. The number of hydrogen-bond donors (Lipinski definition) is 3. The molecule has 0 amide bonds. The SMILES string of the molecule is NC(CCC[C@H](N)C(=O)O)C(=O)OC(C1c2ccccc2-c2ccccc21)C1c2ccccc2-c2ccccc21. The molecule has 6 nitrogen and oxygen atoms in total. The van der Waals surface area contributed by atoms with Crippen LogP contribution in [0.15, 0.2) is 97.1 Å². The van der Waals surface area contributed by atoms with E-state index in [1.54, 1.807) is 0 Å². The molecule has 1 unspecified atom stereocenters. The van der Waals surface area contributed by atoms with E-state index in [1.807, 2.05) is 48.5 Å². The van der Waals surface area contributed by atoms with E-state index in [1.165, 1.54) is 0 Å². The van der Waals surface area contributed by atoms with Crippen LogP contribution in [0.25, 0.3) is 22.3 Å². The van der Waals surface area contributed by atoms with E-state index in [0.717, 1.165) is 44.5 Å². The highest BCUT2D eigenvalue weighted by Crippen LogP contribution is 2.54. The summed E-state index contributed by atoms with van der Waals surface area (Å²) in [5.41, 5.74) is 21.1. The summed E-state index contributed by atoms with van der Waals surface area (Å²) in [6.45, 7) is 0. The van der Waals surface area contributed by atoms with Gasteiger partial charge in [-0.3, -0.25) is 9.59 Å². The van der Waals surface area contributed by atoms with Gasteiger partial charge in [-0.05, 0) is 63.8 Å². The minimum absolute atomic E-state index is 0.187. The molecule has 2 atom stereocenters. The van der Waals surface area contributed by atoms with Gasteiger partial charge in [-0.1, -0.05) is 97.1 Å². The number of carboxylic acids is 1. The van der Waals surface area contributed by atoms with Gasteiger partial charge in [0.15, 0.2) is 0 Å². The van der Waals surface area contributed by atoms with E-state index < -0.39 is 30.1 Å². The molecule has 0 fully saturated rings. The summed E-state index contributed by atoms with van der Waals surface area (Å²) in [5, 5.41) is 9.09. The number of benzene rings is 4.